The summed E-state index contributed by atoms with van der Waals surface area (Å²) in [6, 6.07) is 5.18. The van der Waals surface area contributed by atoms with Crippen LogP contribution in [0.4, 0.5) is 0 Å². The van der Waals surface area contributed by atoms with Crippen LogP contribution in [0.3, 0.4) is 0 Å². The minimum absolute atomic E-state index is 0.0577. The lowest BCUT2D eigenvalue weighted by Crippen LogP contribution is -2.52. The zero-order chi connectivity index (χ0) is 22.5. The van der Waals surface area contributed by atoms with Gasteiger partial charge in [0.1, 0.15) is 15.9 Å². The summed E-state index contributed by atoms with van der Waals surface area (Å²) in [5, 5.41) is 9.39. The summed E-state index contributed by atoms with van der Waals surface area (Å²) in [7, 11) is -2.93. The first-order chi connectivity index (χ1) is 15.3. The van der Waals surface area contributed by atoms with Crippen molar-refractivity contribution in [3.05, 3.63) is 34.9 Å². The van der Waals surface area contributed by atoms with Crippen LogP contribution in [-0.4, -0.2) is 67.7 Å². The highest BCUT2D eigenvalue weighted by Crippen LogP contribution is 2.38. The summed E-state index contributed by atoms with van der Waals surface area (Å²) in [6.07, 6.45) is 1.90. The van der Waals surface area contributed by atoms with E-state index in [0.717, 1.165) is 24.2 Å². The maximum absolute atomic E-state index is 13.0. The minimum Gasteiger partial charge on any atom is -0.322 e. The van der Waals surface area contributed by atoms with E-state index in [0.29, 0.717) is 37.9 Å². The zero-order valence-electron chi connectivity index (χ0n) is 17.9. The molecule has 5 rings (SSSR count). The number of sulfone groups is 1. The van der Waals surface area contributed by atoms with Gasteiger partial charge in [-0.3, -0.25) is 19.7 Å². The third-order valence-electron chi connectivity index (χ3n) is 7.60. The summed E-state index contributed by atoms with van der Waals surface area (Å²) < 4.78 is 23.8. The van der Waals surface area contributed by atoms with Crippen LogP contribution in [0.2, 0.25) is 0 Å². The number of carbonyl (C=O) groups is 3. The Bertz CT molecular complexity index is 1070. The molecule has 1 aromatic rings. The summed E-state index contributed by atoms with van der Waals surface area (Å²) in [4.78, 5) is 38.4. The van der Waals surface area contributed by atoms with Crippen LogP contribution in [0.5, 0.6) is 0 Å². The average molecular weight is 461 g/mol. The Morgan fingerprint density at radius 2 is 1.94 bits per heavy atom. The molecule has 4 aliphatic heterocycles. The molecule has 1 spiro atoms. The molecule has 4 aliphatic rings. The number of nitrogens with zero attached hydrogens (tertiary/aromatic N) is 1. The lowest BCUT2D eigenvalue weighted by Gasteiger charge is -2.38. The lowest BCUT2D eigenvalue weighted by atomic mass is 9.77. The Morgan fingerprint density at radius 3 is 2.69 bits per heavy atom. The molecule has 0 radical (unpaired) electrons. The Kier molecular flexibility index (Phi) is 5.34. The lowest BCUT2D eigenvalue weighted by molar-refractivity contribution is -0.136. The number of hydrogen-bond donors (Lipinski definition) is 3. The molecule has 0 aliphatic carbocycles. The van der Waals surface area contributed by atoms with E-state index < -0.39 is 21.8 Å². The summed E-state index contributed by atoms with van der Waals surface area (Å²) in [6.45, 7) is 2.52. The maximum Gasteiger partial charge on any atom is 0.255 e. The zero-order valence-corrected chi connectivity index (χ0v) is 18.7. The van der Waals surface area contributed by atoms with Gasteiger partial charge in [-0.1, -0.05) is 12.1 Å². The van der Waals surface area contributed by atoms with Gasteiger partial charge in [0.25, 0.3) is 5.91 Å². The van der Waals surface area contributed by atoms with Crippen molar-refractivity contribution in [2.45, 2.75) is 50.9 Å². The van der Waals surface area contributed by atoms with Gasteiger partial charge in [0, 0.05) is 49.6 Å². The molecule has 172 valence electrons. The fourth-order valence-electron chi connectivity index (χ4n) is 5.61. The highest BCUT2D eigenvalue weighted by molar-refractivity contribution is 7.91. The number of hydrogen-bond acceptors (Lipinski definition) is 7. The van der Waals surface area contributed by atoms with Gasteiger partial charge < -0.3 is 15.5 Å². The van der Waals surface area contributed by atoms with E-state index in [1.807, 2.05) is 12.1 Å². The van der Waals surface area contributed by atoms with E-state index in [2.05, 4.69) is 16.0 Å². The van der Waals surface area contributed by atoms with Crippen LogP contribution in [-0.2, 0) is 32.5 Å². The highest BCUT2D eigenvalue weighted by atomic mass is 32.2. The van der Waals surface area contributed by atoms with Crippen LogP contribution in [0.1, 0.15) is 47.2 Å². The fraction of sp³-hybridized carbons (Fsp3) is 0.591. The van der Waals surface area contributed by atoms with Crippen molar-refractivity contribution >= 4 is 27.6 Å². The number of nitrogens with one attached hydrogen (secondary N) is 3. The van der Waals surface area contributed by atoms with Gasteiger partial charge in [-0.05, 0) is 36.5 Å². The van der Waals surface area contributed by atoms with Gasteiger partial charge in [0.2, 0.25) is 11.8 Å². The number of amides is 3. The van der Waals surface area contributed by atoms with Gasteiger partial charge in [0.05, 0.1) is 11.5 Å². The predicted molar refractivity (Wildman–Crippen MR) is 116 cm³/mol. The monoisotopic (exact) mass is 460 g/mol. The molecule has 3 N–H and O–H groups in total. The number of fused-ring (bicyclic) bond motifs is 1. The topological polar surface area (TPSA) is 125 Å². The van der Waals surface area contributed by atoms with Crippen molar-refractivity contribution in [1.29, 1.82) is 0 Å². The van der Waals surface area contributed by atoms with E-state index in [1.165, 1.54) is 0 Å². The summed E-state index contributed by atoms with van der Waals surface area (Å²) in [5.74, 6) is -0.400. The Balaban J connectivity index is 1.30. The molecule has 0 bridgehead atoms. The van der Waals surface area contributed by atoms with E-state index in [4.69, 9.17) is 0 Å². The molecule has 2 atom stereocenters. The number of rotatable bonds is 4. The van der Waals surface area contributed by atoms with Crippen LogP contribution >= 0.6 is 0 Å². The first kappa shape index (κ1) is 21.5. The molecule has 1 aromatic carbocycles. The molecule has 0 saturated carbocycles. The number of benzene rings is 1. The molecular formula is C22H28N4O5S. The Labute approximate surface area is 187 Å². The van der Waals surface area contributed by atoms with Crippen molar-refractivity contribution in [2.75, 3.05) is 24.6 Å². The number of piperidine rings is 1. The summed E-state index contributed by atoms with van der Waals surface area (Å²) in [5.41, 5.74) is 2.48. The largest absolute Gasteiger partial charge is 0.322 e. The number of imide groups is 1. The van der Waals surface area contributed by atoms with Crippen molar-refractivity contribution in [2.24, 2.45) is 5.41 Å². The third kappa shape index (κ3) is 3.74. The molecule has 3 saturated heterocycles. The van der Waals surface area contributed by atoms with Gasteiger partial charge in [0.15, 0.2) is 0 Å². The van der Waals surface area contributed by atoms with E-state index in [1.54, 1.807) is 11.0 Å². The minimum atomic E-state index is -2.93. The van der Waals surface area contributed by atoms with E-state index in [9.17, 15) is 22.8 Å². The molecule has 2 unspecified atom stereocenters. The van der Waals surface area contributed by atoms with Crippen molar-refractivity contribution in [3.8, 4) is 0 Å². The fourth-order valence-corrected chi connectivity index (χ4v) is 7.25. The highest BCUT2D eigenvalue weighted by Gasteiger charge is 2.46. The average Bonchev–Trinajstić information content (AvgIpc) is 3.31. The smallest absolute Gasteiger partial charge is 0.255 e. The van der Waals surface area contributed by atoms with Gasteiger partial charge in [-0.15, -0.1) is 0 Å². The molecule has 32 heavy (non-hydrogen) atoms. The molecule has 10 heteroatoms. The Morgan fingerprint density at radius 1 is 1.16 bits per heavy atom. The SMILES string of the molecule is O=C1CCC(N2Cc3c(CNC4CNCC45CCS(=O)(=O)CC5)cccc3C2=O)C(=O)N1. The molecule has 0 aromatic heterocycles. The third-order valence-corrected chi connectivity index (χ3v) is 9.26. The quantitative estimate of drug-likeness (QED) is 0.527. The first-order valence-electron chi connectivity index (χ1n) is 11.2. The van der Waals surface area contributed by atoms with Gasteiger partial charge >= 0.3 is 0 Å². The van der Waals surface area contributed by atoms with Crippen LogP contribution in [0, 0.1) is 5.41 Å². The van der Waals surface area contributed by atoms with Crippen molar-refractivity contribution in [1.82, 2.24) is 20.9 Å². The van der Waals surface area contributed by atoms with Crippen LogP contribution in [0.15, 0.2) is 18.2 Å². The maximum atomic E-state index is 13.0. The predicted octanol–water partition coefficient (Wildman–Crippen LogP) is -0.296. The van der Waals surface area contributed by atoms with Gasteiger partial charge in [-0.2, -0.15) is 0 Å². The first-order valence-corrected chi connectivity index (χ1v) is 13.0. The second-order valence-electron chi connectivity index (χ2n) is 9.42. The molecule has 3 fully saturated rings. The normalized spacial score (nSPS) is 28.8. The molecular weight excluding hydrogens is 432 g/mol. The molecule has 4 heterocycles. The molecule has 9 nitrogen and oxygen atoms in total. The molecule has 3 amide bonds. The van der Waals surface area contributed by atoms with Crippen molar-refractivity contribution in [3.63, 3.8) is 0 Å². The second kappa shape index (κ2) is 7.93. The number of carbonyl (C=O) groups excluding carboxylic acids is 3. The van der Waals surface area contributed by atoms with E-state index >= 15 is 0 Å². The Hall–Kier alpha value is -2.30. The standard InChI is InChI=1S/C22H28N4O5S/c27-19-5-4-17(20(28)25-19)26-12-16-14(2-1-3-15(16)21(26)29)10-24-18-11-23-13-22(18)6-8-32(30,31)9-7-22/h1-3,17-18,23-24H,4-13H2,(H,25,27,28). The second-order valence-corrected chi connectivity index (χ2v) is 11.7. The van der Waals surface area contributed by atoms with Gasteiger partial charge in [-0.25, -0.2) is 8.42 Å². The van der Waals surface area contributed by atoms with Crippen molar-refractivity contribution < 1.29 is 22.8 Å². The summed E-state index contributed by atoms with van der Waals surface area (Å²) >= 11 is 0. The van der Waals surface area contributed by atoms with E-state index in [-0.39, 0.29) is 41.2 Å². The van der Waals surface area contributed by atoms with Crippen LogP contribution in [0.25, 0.3) is 0 Å². The van der Waals surface area contributed by atoms with Crippen LogP contribution < -0.4 is 16.0 Å².